The van der Waals surface area contributed by atoms with Crippen molar-refractivity contribution in [2.45, 2.75) is 17.3 Å². The highest BCUT2D eigenvalue weighted by Crippen LogP contribution is 2.26. The molecule has 6 nitrogen and oxygen atoms in total. The number of nitrogens with zero attached hydrogens (tertiary/aromatic N) is 5. The van der Waals surface area contributed by atoms with Gasteiger partial charge < -0.3 is 4.74 Å². The first-order valence-electron chi connectivity index (χ1n) is 7.21. The van der Waals surface area contributed by atoms with Gasteiger partial charge in [-0.05, 0) is 52.4 Å². The van der Waals surface area contributed by atoms with Crippen molar-refractivity contribution in [2.75, 3.05) is 0 Å². The summed E-state index contributed by atoms with van der Waals surface area (Å²) in [5.74, 6) is 0.252. The standard InChI is InChI=1S/C16H10F3N5OS/c17-16(18,19)25-14-7-5-13(6-8-14)24-15(21-22-23-24)26-10-12-3-1-11(9-20)2-4-12/h1-8H,10H2. The third-order valence-corrected chi connectivity index (χ3v) is 4.20. The highest BCUT2D eigenvalue weighted by molar-refractivity contribution is 7.98. The highest BCUT2D eigenvalue weighted by Gasteiger charge is 2.31. The Hall–Kier alpha value is -3.06. The summed E-state index contributed by atoms with van der Waals surface area (Å²) in [4.78, 5) is 0. The lowest BCUT2D eigenvalue weighted by atomic mass is 10.2. The average molecular weight is 377 g/mol. The van der Waals surface area contributed by atoms with Gasteiger partial charge in [-0.15, -0.1) is 18.3 Å². The summed E-state index contributed by atoms with van der Waals surface area (Å²) in [6.07, 6.45) is -4.74. The number of rotatable bonds is 5. The molecule has 132 valence electrons. The summed E-state index contributed by atoms with van der Waals surface area (Å²) in [6, 6.07) is 14.4. The number of alkyl halides is 3. The SMILES string of the molecule is N#Cc1ccc(CSc2nnnn2-c2ccc(OC(F)(F)F)cc2)cc1. The maximum atomic E-state index is 12.2. The normalized spacial score (nSPS) is 11.2. The fourth-order valence-electron chi connectivity index (χ4n) is 2.04. The molecule has 0 N–H and O–H groups in total. The molecule has 2 aromatic carbocycles. The summed E-state index contributed by atoms with van der Waals surface area (Å²) in [6.45, 7) is 0. The van der Waals surface area contributed by atoms with Gasteiger partial charge in [0.2, 0.25) is 5.16 Å². The molecule has 3 aromatic rings. The van der Waals surface area contributed by atoms with Crippen molar-refractivity contribution >= 4 is 11.8 Å². The van der Waals surface area contributed by atoms with E-state index in [4.69, 9.17) is 5.26 Å². The Morgan fingerprint density at radius 2 is 1.77 bits per heavy atom. The molecule has 0 aliphatic carbocycles. The molecule has 0 radical (unpaired) electrons. The van der Waals surface area contributed by atoms with Crippen molar-refractivity contribution in [2.24, 2.45) is 0 Å². The van der Waals surface area contributed by atoms with Crippen molar-refractivity contribution in [3.8, 4) is 17.5 Å². The predicted octanol–water partition coefficient (Wildman–Crippen LogP) is 3.72. The maximum absolute atomic E-state index is 12.2. The van der Waals surface area contributed by atoms with Crippen molar-refractivity contribution in [1.82, 2.24) is 20.2 Å². The molecule has 1 aromatic heterocycles. The van der Waals surface area contributed by atoms with Crippen LogP contribution in [0.5, 0.6) is 5.75 Å². The second-order valence-electron chi connectivity index (χ2n) is 5.01. The summed E-state index contributed by atoms with van der Waals surface area (Å²) < 4.78 is 41.9. The van der Waals surface area contributed by atoms with Crippen LogP contribution in [0.4, 0.5) is 13.2 Å². The minimum atomic E-state index is -4.74. The van der Waals surface area contributed by atoms with Crippen LogP contribution in [0, 0.1) is 11.3 Å². The van der Waals surface area contributed by atoms with Gasteiger partial charge in [0.05, 0.1) is 17.3 Å². The van der Waals surface area contributed by atoms with Crippen molar-refractivity contribution < 1.29 is 17.9 Å². The number of benzene rings is 2. The molecule has 0 fully saturated rings. The second-order valence-corrected chi connectivity index (χ2v) is 5.95. The van der Waals surface area contributed by atoms with E-state index in [1.807, 2.05) is 18.2 Å². The van der Waals surface area contributed by atoms with Crippen LogP contribution in [0.15, 0.2) is 53.7 Å². The van der Waals surface area contributed by atoms with Crippen LogP contribution in [0.3, 0.4) is 0 Å². The van der Waals surface area contributed by atoms with Crippen LogP contribution in [-0.2, 0) is 5.75 Å². The highest BCUT2D eigenvalue weighted by atomic mass is 32.2. The lowest BCUT2D eigenvalue weighted by Crippen LogP contribution is -2.17. The summed E-state index contributed by atoms with van der Waals surface area (Å²) in [5, 5.41) is 20.7. The van der Waals surface area contributed by atoms with Gasteiger partial charge in [-0.3, -0.25) is 0 Å². The predicted molar refractivity (Wildman–Crippen MR) is 86.6 cm³/mol. The summed E-state index contributed by atoms with van der Waals surface area (Å²) >= 11 is 1.36. The molecule has 0 spiro atoms. The minimum Gasteiger partial charge on any atom is -0.406 e. The summed E-state index contributed by atoms with van der Waals surface area (Å²) in [5.41, 5.74) is 2.06. The Bertz CT molecular complexity index is 917. The van der Waals surface area contributed by atoms with Crippen LogP contribution in [0.2, 0.25) is 0 Å². The first kappa shape index (κ1) is 17.8. The van der Waals surface area contributed by atoms with Crippen molar-refractivity contribution in [1.29, 1.82) is 5.26 Å². The van der Waals surface area contributed by atoms with E-state index in [1.165, 1.54) is 40.7 Å². The first-order valence-corrected chi connectivity index (χ1v) is 8.19. The van der Waals surface area contributed by atoms with E-state index in [9.17, 15) is 13.2 Å². The number of tetrazole rings is 1. The number of hydrogen-bond acceptors (Lipinski definition) is 6. The van der Waals surface area contributed by atoms with E-state index in [0.717, 1.165) is 5.56 Å². The van der Waals surface area contributed by atoms with Crippen LogP contribution in [0.1, 0.15) is 11.1 Å². The molecule has 0 aliphatic heterocycles. The lowest BCUT2D eigenvalue weighted by Gasteiger charge is -2.09. The molecule has 10 heteroatoms. The van der Waals surface area contributed by atoms with Gasteiger partial charge in [0, 0.05) is 5.75 Å². The van der Waals surface area contributed by atoms with Crippen LogP contribution in [0.25, 0.3) is 5.69 Å². The molecule has 3 rings (SSSR count). The zero-order chi connectivity index (χ0) is 18.6. The number of thioether (sulfide) groups is 1. The zero-order valence-electron chi connectivity index (χ0n) is 13.0. The van der Waals surface area contributed by atoms with Gasteiger partial charge in [0.1, 0.15) is 5.75 Å². The van der Waals surface area contributed by atoms with E-state index in [-0.39, 0.29) is 5.75 Å². The molecule has 0 unspecified atom stereocenters. The monoisotopic (exact) mass is 377 g/mol. The average Bonchev–Trinajstić information content (AvgIpc) is 3.08. The molecule has 26 heavy (non-hydrogen) atoms. The Kier molecular flexibility index (Phi) is 5.09. The Morgan fingerprint density at radius 1 is 1.08 bits per heavy atom. The van der Waals surface area contributed by atoms with Gasteiger partial charge in [0.15, 0.2) is 0 Å². The smallest absolute Gasteiger partial charge is 0.406 e. The fourth-order valence-corrected chi connectivity index (χ4v) is 2.89. The zero-order valence-corrected chi connectivity index (χ0v) is 13.8. The van der Waals surface area contributed by atoms with E-state index in [0.29, 0.717) is 22.2 Å². The third kappa shape index (κ3) is 4.52. The minimum absolute atomic E-state index is 0.318. The van der Waals surface area contributed by atoms with Crippen LogP contribution >= 0.6 is 11.8 Å². The molecular formula is C16H10F3N5OS. The molecule has 0 aliphatic rings. The Morgan fingerprint density at radius 3 is 2.38 bits per heavy atom. The van der Waals surface area contributed by atoms with Crippen molar-refractivity contribution in [3.05, 3.63) is 59.7 Å². The topological polar surface area (TPSA) is 76.6 Å². The Balaban J connectivity index is 1.70. The fraction of sp³-hybridized carbons (Fsp3) is 0.125. The van der Waals surface area contributed by atoms with Gasteiger partial charge >= 0.3 is 6.36 Å². The molecule has 0 bridgehead atoms. The molecule has 0 saturated carbocycles. The van der Waals surface area contributed by atoms with Crippen LogP contribution in [-0.4, -0.2) is 26.6 Å². The number of halogens is 3. The lowest BCUT2D eigenvalue weighted by molar-refractivity contribution is -0.274. The first-order chi connectivity index (χ1) is 12.4. The van der Waals surface area contributed by atoms with E-state index >= 15 is 0 Å². The van der Waals surface area contributed by atoms with Gasteiger partial charge in [-0.1, -0.05) is 23.9 Å². The molecule has 0 atom stereocenters. The summed E-state index contributed by atoms with van der Waals surface area (Å²) in [7, 11) is 0. The molecule has 0 amide bonds. The van der Waals surface area contributed by atoms with Gasteiger partial charge in [0.25, 0.3) is 0 Å². The van der Waals surface area contributed by atoms with E-state index in [1.54, 1.807) is 12.1 Å². The number of hydrogen-bond donors (Lipinski definition) is 0. The molecule has 1 heterocycles. The van der Waals surface area contributed by atoms with Crippen LogP contribution < -0.4 is 4.74 Å². The van der Waals surface area contributed by atoms with Gasteiger partial charge in [-0.2, -0.15) is 9.94 Å². The number of aromatic nitrogens is 4. The maximum Gasteiger partial charge on any atom is 0.573 e. The van der Waals surface area contributed by atoms with E-state index in [2.05, 4.69) is 20.3 Å². The largest absolute Gasteiger partial charge is 0.573 e. The van der Waals surface area contributed by atoms with Crippen molar-refractivity contribution in [3.63, 3.8) is 0 Å². The number of ether oxygens (including phenoxy) is 1. The van der Waals surface area contributed by atoms with E-state index < -0.39 is 6.36 Å². The Labute approximate surface area is 150 Å². The molecule has 0 saturated heterocycles. The molecular weight excluding hydrogens is 367 g/mol. The van der Waals surface area contributed by atoms with Gasteiger partial charge in [-0.25, -0.2) is 0 Å². The third-order valence-electron chi connectivity index (χ3n) is 3.21. The number of nitriles is 1. The second kappa shape index (κ2) is 7.45. The quantitative estimate of drug-likeness (QED) is 0.631.